The predicted molar refractivity (Wildman–Crippen MR) is 79.4 cm³/mol. The van der Waals surface area contributed by atoms with Crippen molar-refractivity contribution in [1.82, 2.24) is 0 Å². The Hall–Kier alpha value is 1.65. The second-order valence-corrected chi connectivity index (χ2v) is 6.16. The van der Waals surface area contributed by atoms with Gasteiger partial charge in [-0.2, -0.15) is 8.42 Å². The van der Waals surface area contributed by atoms with Gasteiger partial charge in [-0.15, -0.1) is 0 Å². The zero-order valence-corrected chi connectivity index (χ0v) is 18.4. The molecule has 0 radical (unpaired) electrons. The summed E-state index contributed by atoms with van der Waals surface area (Å²) in [4.78, 5) is 0. The van der Waals surface area contributed by atoms with Crippen molar-refractivity contribution in [2.75, 3.05) is 0 Å². The molecule has 0 saturated carbocycles. The van der Waals surface area contributed by atoms with Crippen molar-refractivity contribution >= 4 is 10.1 Å². The Morgan fingerprint density at radius 3 is 1.65 bits per heavy atom. The van der Waals surface area contributed by atoms with Crippen LogP contribution in [-0.2, 0) is 10.1 Å². The maximum Gasteiger partial charge on any atom is 1.00 e. The van der Waals surface area contributed by atoms with E-state index >= 15 is 0 Å². The minimum Gasteiger partial charge on any atom is -1.00 e. The van der Waals surface area contributed by atoms with Crippen LogP contribution in [0.1, 0.15) is 80.4 Å². The SMILES string of the molecule is CCCCCCCCCCCCC=CS(=O)(=O)O.[H-].[H-].[Na+].[Na+]. The number of allylic oxidation sites excluding steroid dienone is 1. The zero-order valence-electron chi connectivity index (χ0n) is 15.6. The number of hydrogen-bond donors (Lipinski definition) is 1. The third-order valence-corrected chi connectivity index (χ3v) is 3.53. The second-order valence-electron chi connectivity index (χ2n) is 4.86. The predicted octanol–water partition coefficient (Wildman–Crippen LogP) is -1.07. The molecule has 112 valence electrons. The van der Waals surface area contributed by atoms with Crippen LogP contribution in [0.4, 0.5) is 0 Å². The van der Waals surface area contributed by atoms with Crippen molar-refractivity contribution in [3.05, 3.63) is 11.5 Å². The van der Waals surface area contributed by atoms with E-state index in [0.29, 0.717) is 0 Å². The van der Waals surface area contributed by atoms with Crippen molar-refractivity contribution in [2.45, 2.75) is 77.6 Å². The van der Waals surface area contributed by atoms with Gasteiger partial charge in [0.05, 0.1) is 5.41 Å². The standard InChI is InChI=1S/C14H28O3S.2Na.2H/c1-2-3-4-5-6-7-8-9-10-11-12-13-14-18(15,16)17;;;;/h13-14H,2-12H2,1H3,(H,15,16,17);;;;/q;2*+1;2*-1. The first-order chi connectivity index (χ1) is 8.56. The molecule has 0 fully saturated rings. The Morgan fingerprint density at radius 2 is 1.25 bits per heavy atom. The van der Waals surface area contributed by atoms with Crippen LogP contribution in [0, 0.1) is 0 Å². The van der Waals surface area contributed by atoms with E-state index in [2.05, 4.69) is 6.92 Å². The molecule has 0 atom stereocenters. The average Bonchev–Trinajstić information content (AvgIpc) is 2.29. The molecule has 1 N–H and O–H groups in total. The van der Waals surface area contributed by atoms with Crippen LogP contribution in [-0.4, -0.2) is 13.0 Å². The number of rotatable bonds is 12. The van der Waals surface area contributed by atoms with Gasteiger partial charge in [-0.1, -0.05) is 70.8 Å². The first-order valence-electron chi connectivity index (χ1n) is 7.20. The molecule has 0 rings (SSSR count). The molecule has 3 nitrogen and oxygen atoms in total. The summed E-state index contributed by atoms with van der Waals surface area (Å²) in [5.41, 5.74) is 0. The van der Waals surface area contributed by atoms with E-state index in [1.54, 1.807) is 0 Å². The van der Waals surface area contributed by atoms with Gasteiger partial charge < -0.3 is 2.85 Å². The van der Waals surface area contributed by atoms with E-state index in [9.17, 15) is 8.42 Å². The normalized spacial score (nSPS) is 11.1. The van der Waals surface area contributed by atoms with E-state index in [4.69, 9.17) is 4.55 Å². The molecule has 0 aliphatic rings. The minimum absolute atomic E-state index is 0. The molecule has 0 aliphatic carbocycles. The molecule has 0 aliphatic heterocycles. The molecule has 0 saturated heterocycles. The average molecular weight is 324 g/mol. The Kier molecular flexibility index (Phi) is 24.8. The molecule has 0 spiro atoms. The Labute approximate surface area is 172 Å². The van der Waals surface area contributed by atoms with Gasteiger partial charge >= 0.3 is 59.1 Å². The van der Waals surface area contributed by atoms with Gasteiger partial charge in [-0.25, -0.2) is 0 Å². The molecule has 6 heteroatoms. The smallest absolute Gasteiger partial charge is 1.00 e. The molecule has 0 aromatic carbocycles. The van der Waals surface area contributed by atoms with Gasteiger partial charge in [-0.05, 0) is 12.8 Å². The summed E-state index contributed by atoms with van der Waals surface area (Å²) in [6.45, 7) is 2.23. The molecule has 0 unspecified atom stereocenters. The van der Waals surface area contributed by atoms with Crippen molar-refractivity contribution in [1.29, 1.82) is 0 Å². The van der Waals surface area contributed by atoms with Crippen molar-refractivity contribution in [3.63, 3.8) is 0 Å². The van der Waals surface area contributed by atoms with Gasteiger partial charge in [0, 0.05) is 0 Å². The number of unbranched alkanes of at least 4 members (excludes halogenated alkanes) is 10. The molecular formula is C14H30Na2O3S. The summed E-state index contributed by atoms with van der Waals surface area (Å²) in [5, 5.41) is 0.876. The molecular weight excluding hydrogens is 294 g/mol. The third kappa shape index (κ3) is 24.7. The first-order valence-corrected chi connectivity index (χ1v) is 8.70. The molecule has 0 aromatic heterocycles. The Bertz CT molecular complexity index is 313. The third-order valence-electron chi connectivity index (χ3n) is 2.99. The van der Waals surface area contributed by atoms with E-state index in [1.807, 2.05) is 0 Å². The topological polar surface area (TPSA) is 54.4 Å². The summed E-state index contributed by atoms with van der Waals surface area (Å²) < 4.78 is 29.2. The molecule has 20 heavy (non-hydrogen) atoms. The zero-order chi connectivity index (χ0) is 13.7. The van der Waals surface area contributed by atoms with Crippen molar-refractivity contribution < 1.29 is 74.9 Å². The second kappa shape index (κ2) is 18.7. The largest absolute Gasteiger partial charge is 1.00 e. The monoisotopic (exact) mass is 324 g/mol. The van der Waals surface area contributed by atoms with Crippen LogP contribution in [0.5, 0.6) is 0 Å². The van der Waals surface area contributed by atoms with Gasteiger partial charge in [0.1, 0.15) is 0 Å². The minimum atomic E-state index is -3.92. The molecule has 0 heterocycles. The van der Waals surface area contributed by atoms with Gasteiger partial charge in [0.25, 0.3) is 10.1 Å². The van der Waals surface area contributed by atoms with Crippen molar-refractivity contribution in [3.8, 4) is 0 Å². The summed E-state index contributed by atoms with van der Waals surface area (Å²) in [5.74, 6) is 0. The fraction of sp³-hybridized carbons (Fsp3) is 0.857. The van der Waals surface area contributed by atoms with E-state index in [0.717, 1.165) is 24.7 Å². The van der Waals surface area contributed by atoms with Crippen molar-refractivity contribution in [2.24, 2.45) is 0 Å². The fourth-order valence-electron chi connectivity index (χ4n) is 1.94. The Morgan fingerprint density at radius 1 is 0.850 bits per heavy atom. The Balaban J connectivity index is -0.000000241. The van der Waals surface area contributed by atoms with Crippen LogP contribution in [0.3, 0.4) is 0 Å². The summed E-state index contributed by atoms with van der Waals surface area (Å²) >= 11 is 0. The van der Waals surface area contributed by atoms with Crippen LogP contribution >= 0.6 is 0 Å². The van der Waals surface area contributed by atoms with E-state index in [-0.39, 0.29) is 62.0 Å². The van der Waals surface area contributed by atoms with Gasteiger partial charge in [0.2, 0.25) is 0 Å². The number of hydrogen-bond acceptors (Lipinski definition) is 2. The van der Waals surface area contributed by atoms with Crippen LogP contribution in [0.25, 0.3) is 0 Å². The first kappa shape index (κ1) is 26.5. The maximum atomic E-state index is 10.4. The van der Waals surface area contributed by atoms with E-state index in [1.165, 1.54) is 57.4 Å². The quantitative estimate of drug-likeness (QED) is 0.283. The summed E-state index contributed by atoms with van der Waals surface area (Å²) in [6.07, 6.45) is 15.0. The molecule has 0 amide bonds. The van der Waals surface area contributed by atoms with Crippen LogP contribution < -0.4 is 59.1 Å². The summed E-state index contributed by atoms with van der Waals surface area (Å²) in [7, 11) is -3.92. The fourth-order valence-corrected chi connectivity index (χ4v) is 2.32. The molecule has 0 aromatic rings. The maximum absolute atomic E-state index is 10.4. The van der Waals surface area contributed by atoms with Gasteiger partial charge in [0.15, 0.2) is 0 Å². The molecule has 0 bridgehead atoms. The van der Waals surface area contributed by atoms with Gasteiger partial charge in [-0.3, -0.25) is 4.55 Å². The summed E-state index contributed by atoms with van der Waals surface area (Å²) in [6, 6.07) is 0. The van der Waals surface area contributed by atoms with Crippen LogP contribution in [0.15, 0.2) is 11.5 Å². The van der Waals surface area contributed by atoms with E-state index < -0.39 is 10.1 Å². The van der Waals surface area contributed by atoms with Crippen LogP contribution in [0.2, 0.25) is 0 Å².